The fraction of sp³-hybridized carbons (Fsp3) is 0.200. The lowest BCUT2D eigenvalue weighted by Crippen LogP contribution is -2.19. The van der Waals surface area contributed by atoms with E-state index in [9.17, 15) is 8.78 Å². The first-order valence-corrected chi connectivity index (χ1v) is 6.70. The van der Waals surface area contributed by atoms with Crippen molar-refractivity contribution in [2.75, 3.05) is 7.05 Å². The van der Waals surface area contributed by atoms with Crippen LogP contribution in [-0.4, -0.2) is 7.05 Å². The summed E-state index contributed by atoms with van der Waals surface area (Å²) < 4.78 is 27.8. The molecule has 100 valence electrons. The summed E-state index contributed by atoms with van der Waals surface area (Å²) in [4.78, 5) is 0. The second kappa shape index (κ2) is 5.80. The van der Waals surface area contributed by atoms with Crippen LogP contribution < -0.4 is 5.32 Å². The van der Waals surface area contributed by atoms with Crippen molar-refractivity contribution < 1.29 is 8.78 Å². The summed E-state index contributed by atoms with van der Waals surface area (Å²) in [5.41, 5.74) is 2.46. The largest absolute Gasteiger partial charge is 0.309 e. The van der Waals surface area contributed by atoms with Gasteiger partial charge in [-0.25, -0.2) is 8.78 Å². The summed E-state index contributed by atoms with van der Waals surface area (Å²) >= 11 is 3.49. The number of hydrogen-bond acceptors (Lipinski definition) is 1. The Hall–Kier alpha value is -1.26. The van der Waals surface area contributed by atoms with Gasteiger partial charge in [0.15, 0.2) is 0 Å². The van der Waals surface area contributed by atoms with Gasteiger partial charge in [0.1, 0.15) is 11.6 Å². The molecule has 0 heterocycles. The Morgan fingerprint density at radius 1 is 1.05 bits per heavy atom. The zero-order valence-corrected chi connectivity index (χ0v) is 12.3. The normalized spacial score (nSPS) is 12.5. The molecule has 2 aromatic carbocycles. The highest BCUT2D eigenvalue weighted by Gasteiger charge is 2.18. The van der Waals surface area contributed by atoms with E-state index < -0.39 is 11.6 Å². The van der Waals surface area contributed by atoms with E-state index in [1.807, 2.05) is 25.1 Å². The third-order valence-electron chi connectivity index (χ3n) is 3.03. The van der Waals surface area contributed by atoms with Crippen molar-refractivity contribution in [2.24, 2.45) is 0 Å². The fourth-order valence-corrected chi connectivity index (χ4v) is 2.80. The predicted octanol–water partition coefficient (Wildman–Crippen LogP) is 4.34. The zero-order valence-electron chi connectivity index (χ0n) is 10.7. The molecule has 0 amide bonds. The maximum Gasteiger partial charge on any atom is 0.131 e. The Kier molecular flexibility index (Phi) is 4.32. The van der Waals surface area contributed by atoms with Gasteiger partial charge in [-0.1, -0.05) is 34.1 Å². The molecule has 0 aliphatic rings. The molecule has 0 aromatic heterocycles. The van der Waals surface area contributed by atoms with Crippen LogP contribution in [-0.2, 0) is 0 Å². The minimum Gasteiger partial charge on any atom is -0.309 e. The molecule has 0 radical (unpaired) electrons. The van der Waals surface area contributed by atoms with Gasteiger partial charge < -0.3 is 5.32 Å². The Morgan fingerprint density at radius 2 is 1.74 bits per heavy atom. The maximum atomic E-state index is 13.9. The predicted molar refractivity (Wildman–Crippen MR) is 76.1 cm³/mol. The van der Waals surface area contributed by atoms with Gasteiger partial charge in [-0.2, -0.15) is 0 Å². The molecule has 2 rings (SSSR count). The van der Waals surface area contributed by atoms with E-state index >= 15 is 0 Å². The van der Waals surface area contributed by atoms with Gasteiger partial charge in [-0.3, -0.25) is 0 Å². The Bertz CT molecular complexity index is 547. The highest BCUT2D eigenvalue weighted by Crippen LogP contribution is 2.30. The molecule has 1 N–H and O–H groups in total. The molecule has 0 saturated carbocycles. The van der Waals surface area contributed by atoms with Gasteiger partial charge >= 0.3 is 0 Å². The van der Waals surface area contributed by atoms with E-state index in [0.29, 0.717) is 5.56 Å². The average Bonchev–Trinajstić information content (AvgIpc) is 2.34. The van der Waals surface area contributed by atoms with Crippen LogP contribution in [0, 0.1) is 18.6 Å². The lowest BCUT2D eigenvalue weighted by molar-refractivity contribution is 0.551. The Balaban J connectivity index is 2.50. The third-order valence-corrected chi connectivity index (χ3v) is 3.72. The summed E-state index contributed by atoms with van der Waals surface area (Å²) in [6.07, 6.45) is 0. The van der Waals surface area contributed by atoms with Gasteiger partial charge in [0.05, 0.1) is 6.04 Å². The van der Waals surface area contributed by atoms with Crippen molar-refractivity contribution in [3.8, 4) is 0 Å². The Labute approximate surface area is 119 Å². The van der Waals surface area contributed by atoms with Crippen LogP contribution in [0.1, 0.15) is 22.7 Å². The molecule has 0 bridgehead atoms. The monoisotopic (exact) mass is 325 g/mol. The van der Waals surface area contributed by atoms with E-state index in [0.717, 1.165) is 21.7 Å². The molecule has 0 aliphatic heterocycles. The topological polar surface area (TPSA) is 12.0 Å². The first-order chi connectivity index (χ1) is 9.02. The second-order valence-electron chi connectivity index (χ2n) is 4.41. The average molecular weight is 326 g/mol. The molecular formula is C15H14BrF2N. The summed E-state index contributed by atoms with van der Waals surface area (Å²) in [6, 6.07) is 9.19. The number of halogens is 3. The van der Waals surface area contributed by atoms with Gasteiger partial charge in [0.2, 0.25) is 0 Å². The Morgan fingerprint density at radius 3 is 2.32 bits per heavy atom. The van der Waals surface area contributed by atoms with Crippen LogP contribution in [0.5, 0.6) is 0 Å². The van der Waals surface area contributed by atoms with Gasteiger partial charge in [-0.05, 0) is 37.2 Å². The molecule has 19 heavy (non-hydrogen) atoms. The molecular weight excluding hydrogens is 312 g/mol. The summed E-state index contributed by atoms with van der Waals surface area (Å²) in [6.45, 7) is 1.99. The number of aryl methyl sites for hydroxylation is 1. The third kappa shape index (κ3) is 3.01. The van der Waals surface area contributed by atoms with E-state index in [-0.39, 0.29) is 6.04 Å². The maximum absolute atomic E-state index is 13.9. The molecule has 1 atom stereocenters. The highest BCUT2D eigenvalue weighted by molar-refractivity contribution is 9.10. The molecule has 0 spiro atoms. The highest BCUT2D eigenvalue weighted by atomic mass is 79.9. The summed E-state index contributed by atoms with van der Waals surface area (Å²) in [5, 5.41) is 3.06. The number of nitrogens with one attached hydrogen (secondary N) is 1. The van der Waals surface area contributed by atoms with Crippen LogP contribution in [0.2, 0.25) is 0 Å². The standard InChI is InChI=1S/C15H14BrF2N/c1-9-3-5-11(13(16)7-9)15(19-2)12-6-4-10(17)8-14(12)18/h3-8,15,19H,1-2H3. The molecule has 4 heteroatoms. The van der Waals surface area contributed by atoms with Crippen molar-refractivity contribution in [3.63, 3.8) is 0 Å². The van der Waals surface area contributed by atoms with Gasteiger partial charge in [0, 0.05) is 16.1 Å². The number of benzene rings is 2. The fourth-order valence-electron chi connectivity index (χ4n) is 2.08. The molecule has 1 nitrogen and oxygen atoms in total. The zero-order chi connectivity index (χ0) is 14.0. The first kappa shape index (κ1) is 14.2. The van der Waals surface area contributed by atoms with Gasteiger partial charge in [-0.15, -0.1) is 0 Å². The molecule has 2 aromatic rings. The minimum atomic E-state index is -0.570. The second-order valence-corrected chi connectivity index (χ2v) is 5.27. The smallest absolute Gasteiger partial charge is 0.131 e. The van der Waals surface area contributed by atoms with E-state index in [2.05, 4.69) is 21.2 Å². The lowest BCUT2D eigenvalue weighted by Gasteiger charge is -2.19. The van der Waals surface area contributed by atoms with E-state index in [4.69, 9.17) is 0 Å². The number of rotatable bonds is 3. The van der Waals surface area contributed by atoms with Crippen molar-refractivity contribution >= 4 is 15.9 Å². The quantitative estimate of drug-likeness (QED) is 0.884. The first-order valence-electron chi connectivity index (χ1n) is 5.91. The lowest BCUT2D eigenvalue weighted by atomic mass is 9.97. The van der Waals surface area contributed by atoms with Crippen LogP contribution in [0.3, 0.4) is 0 Å². The summed E-state index contributed by atoms with van der Waals surface area (Å²) in [7, 11) is 1.75. The van der Waals surface area contributed by atoms with Crippen LogP contribution in [0.25, 0.3) is 0 Å². The molecule has 0 aliphatic carbocycles. The van der Waals surface area contributed by atoms with Crippen LogP contribution in [0.4, 0.5) is 8.78 Å². The molecule has 0 fully saturated rings. The van der Waals surface area contributed by atoms with E-state index in [1.165, 1.54) is 12.1 Å². The van der Waals surface area contributed by atoms with Crippen LogP contribution in [0.15, 0.2) is 40.9 Å². The summed E-state index contributed by atoms with van der Waals surface area (Å²) in [5.74, 6) is -1.12. The number of hydrogen-bond donors (Lipinski definition) is 1. The van der Waals surface area contributed by atoms with Crippen LogP contribution >= 0.6 is 15.9 Å². The van der Waals surface area contributed by atoms with E-state index in [1.54, 1.807) is 7.05 Å². The van der Waals surface area contributed by atoms with Crippen molar-refractivity contribution in [2.45, 2.75) is 13.0 Å². The minimum absolute atomic E-state index is 0.324. The molecule has 0 saturated heterocycles. The molecule has 1 unspecified atom stereocenters. The van der Waals surface area contributed by atoms with Crippen molar-refractivity contribution in [1.82, 2.24) is 5.32 Å². The van der Waals surface area contributed by atoms with Crippen molar-refractivity contribution in [3.05, 3.63) is 69.2 Å². The SMILES string of the molecule is CNC(c1ccc(F)cc1F)c1ccc(C)cc1Br. The van der Waals surface area contributed by atoms with Gasteiger partial charge in [0.25, 0.3) is 0 Å². The van der Waals surface area contributed by atoms with Crippen molar-refractivity contribution in [1.29, 1.82) is 0 Å².